The van der Waals surface area contributed by atoms with Gasteiger partial charge >= 0.3 is 0 Å². The molecule has 0 fully saturated rings. The SMILES string of the molecule is Cc1ccc(SCc2ccc(C(=O)Nc3nnc(SCC(C)C)s3)cc2)cc1. The molecule has 0 unspecified atom stereocenters. The maximum Gasteiger partial charge on any atom is 0.257 e. The minimum atomic E-state index is -0.158. The number of anilines is 1. The van der Waals surface area contributed by atoms with Crippen molar-refractivity contribution in [2.75, 3.05) is 11.1 Å². The van der Waals surface area contributed by atoms with E-state index in [-0.39, 0.29) is 5.91 Å². The van der Waals surface area contributed by atoms with Gasteiger partial charge < -0.3 is 0 Å². The van der Waals surface area contributed by atoms with Crippen molar-refractivity contribution in [1.29, 1.82) is 0 Å². The second-order valence-electron chi connectivity index (χ2n) is 6.83. The zero-order valence-corrected chi connectivity index (χ0v) is 18.6. The summed E-state index contributed by atoms with van der Waals surface area (Å²) in [7, 11) is 0. The van der Waals surface area contributed by atoms with Crippen LogP contribution in [0, 0.1) is 12.8 Å². The van der Waals surface area contributed by atoms with E-state index in [1.165, 1.54) is 27.4 Å². The van der Waals surface area contributed by atoms with Crippen molar-refractivity contribution in [3.05, 3.63) is 65.2 Å². The molecule has 1 heterocycles. The summed E-state index contributed by atoms with van der Waals surface area (Å²) < 4.78 is 0.882. The number of amides is 1. The van der Waals surface area contributed by atoms with Gasteiger partial charge in [0.2, 0.25) is 5.13 Å². The van der Waals surface area contributed by atoms with Crippen molar-refractivity contribution in [2.45, 2.75) is 35.8 Å². The summed E-state index contributed by atoms with van der Waals surface area (Å²) in [5, 5.41) is 11.6. The van der Waals surface area contributed by atoms with Crippen LogP contribution in [0.2, 0.25) is 0 Å². The minimum absolute atomic E-state index is 0.158. The van der Waals surface area contributed by atoms with Crippen molar-refractivity contribution in [1.82, 2.24) is 10.2 Å². The van der Waals surface area contributed by atoms with E-state index in [2.05, 4.69) is 60.6 Å². The molecular weight excluding hydrogens is 406 g/mol. The van der Waals surface area contributed by atoms with E-state index in [4.69, 9.17) is 0 Å². The molecule has 1 aromatic heterocycles. The highest BCUT2D eigenvalue weighted by molar-refractivity contribution is 8.01. The molecule has 1 amide bonds. The number of hydrogen-bond acceptors (Lipinski definition) is 6. The van der Waals surface area contributed by atoms with Crippen LogP contribution in [-0.4, -0.2) is 21.9 Å². The number of benzene rings is 2. The summed E-state index contributed by atoms with van der Waals surface area (Å²) in [6, 6.07) is 16.2. The quantitative estimate of drug-likeness (QED) is 0.344. The maximum absolute atomic E-state index is 12.4. The molecular formula is C21H23N3OS3. The first kappa shape index (κ1) is 20.9. The second-order valence-corrected chi connectivity index (χ2v) is 10.1. The normalized spacial score (nSPS) is 11.0. The van der Waals surface area contributed by atoms with Crippen LogP contribution in [-0.2, 0) is 5.75 Å². The van der Waals surface area contributed by atoms with Crippen LogP contribution in [0.15, 0.2) is 57.8 Å². The molecule has 0 spiro atoms. The molecule has 3 aromatic rings. The number of nitrogens with one attached hydrogen (secondary N) is 1. The Morgan fingerprint density at radius 3 is 2.43 bits per heavy atom. The zero-order chi connectivity index (χ0) is 19.9. The fourth-order valence-corrected chi connectivity index (χ4v) is 4.86. The molecule has 0 aliphatic carbocycles. The molecule has 0 aliphatic rings. The van der Waals surface area contributed by atoms with E-state index in [1.807, 2.05) is 24.3 Å². The van der Waals surface area contributed by atoms with Crippen LogP contribution >= 0.6 is 34.9 Å². The highest BCUT2D eigenvalue weighted by Gasteiger charge is 2.11. The predicted molar refractivity (Wildman–Crippen MR) is 121 cm³/mol. The Balaban J connectivity index is 1.52. The third-order valence-corrected chi connectivity index (χ3v) is 7.29. The van der Waals surface area contributed by atoms with Crippen LogP contribution in [0.4, 0.5) is 5.13 Å². The van der Waals surface area contributed by atoms with Gasteiger partial charge in [-0.3, -0.25) is 10.1 Å². The van der Waals surface area contributed by atoms with Crippen molar-refractivity contribution in [2.24, 2.45) is 5.92 Å². The van der Waals surface area contributed by atoms with E-state index in [0.29, 0.717) is 16.6 Å². The predicted octanol–water partition coefficient (Wildman–Crippen LogP) is 6.14. The molecule has 146 valence electrons. The lowest BCUT2D eigenvalue weighted by atomic mass is 10.1. The summed E-state index contributed by atoms with van der Waals surface area (Å²) in [6.07, 6.45) is 0. The standard InChI is InChI=1S/C21H23N3OS3/c1-14(2)12-27-21-24-23-20(28-21)22-19(25)17-8-6-16(7-9-17)13-26-18-10-4-15(3)5-11-18/h4-11,14H,12-13H2,1-3H3,(H,22,23,25). The van der Waals surface area contributed by atoms with Gasteiger partial charge in [-0.05, 0) is 42.7 Å². The highest BCUT2D eigenvalue weighted by Crippen LogP contribution is 2.27. The molecule has 0 radical (unpaired) electrons. The summed E-state index contributed by atoms with van der Waals surface area (Å²) in [5.41, 5.74) is 3.07. The van der Waals surface area contributed by atoms with Crippen LogP contribution in [0.25, 0.3) is 0 Å². The molecule has 0 saturated heterocycles. The first-order chi connectivity index (χ1) is 13.5. The first-order valence-corrected chi connectivity index (χ1v) is 11.8. The number of carbonyl (C=O) groups excluding carboxylic acids is 1. The molecule has 0 atom stereocenters. The molecule has 2 aromatic carbocycles. The Hall–Kier alpha value is -1.83. The highest BCUT2D eigenvalue weighted by atomic mass is 32.2. The summed E-state index contributed by atoms with van der Waals surface area (Å²) in [6.45, 7) is 6.42. The van der Waals surface area contributed by atoms with Crippen molar-refractivity contribution in [3.8, 4) is 0 Å². The summed E-state index contributed by atoms with van der Waals surface area (Å²) in [4.78, 5) is 13.7. The number of aromatic nitrogens is 2. The average molecular weight is 430 g/mol. The molecule has 4 nitrogen and oxygen atoms in total. The van der Waals surface area contributed by atoms with E-state index in [0.717, 1.165) is 15.8 Å². The van der Waals surface area contributed by atoms with E-state index >= 15 is 0 Å². The lowest BCUT2D eigenvalue weighted by molar-refractivity contribution is 0.102. The Morgan fingerprint density at radius 2 is 1.75 bits per heavy atom. The Labute approximate surface area is 178 Å². The van der Waals surface area contributed by atoms with Crippen molar-refractivity contribution >= 4 is 45.9 Å². The second kappa shape index (κ2) is 10.1. The van der Waals surface area contributed by atoms with Gasteiger partial charge in [0, 0.05) is 22.0 Å². The molecule has 3 rings (SSSR count). The number of nitrogens with zero attached hydrogens (tertiary/aromatic N) is 2. The smallest absolute Gasteiger partial charge is 0.257 e. The van der Waals surface area contributed by atoms with Gasteiger partial charge in [0.15, 0.2) is 4.34 Å². The van der Waals surface area contributed by atoms with Crippen LogP contribution in [0.3, 0.4) is 0 Å². The Kier molecular flexibility index (Phi) is 7.53. The number of rotatable bonds is 8. The fourth-order valence-electron chi connectivity index (χ4n) is 2.28. The van der Waals surface area contributed by atoms with Gasteiger partial charge in [-0.15, -0.1) is 22.0 Å². The van der Waals surface area contributed by atoms with Gasteiger partial charge in [0.05, 0.1) is 0 Å². The van der Waals surface area contributed by atoms with E-state index in [9.17, 15) is 4.79 Å². The number of thioether (sulfide) groups is 2. The topological polar surface area (TPSA) is 54.9 Å². The molecule has 0 aliphatic heterocycles. The molecule has 0 bridgehead atoms. The molecule has 1 N–H and O–H groups in total. The first-order valence-electron chi connectivity index (χ1n) is 9.05. The van der Waals surface area contributed by atoms with E-state index in [1.54, 1.807) is 23.5 Å². The summed E-state index contributed by atoms with van der Waals surface area (Å²) in [5.74, 6) is 2.30. The average Bonchev–Trinajstić information content (AvgIpc) is 3.13. The Morgan fingerprint density at radius 1 is 1.04 bits per heavy atom. The number of carbonyl (C=O) groups is 1. The summed E-state index contributed by atoms with van der Waals surface area (Å²) >= 11 is 4.87. The van der Waals surface area contributed by atoms with E-state index < -0.39 is 0 Å². The zero-order valence-electron chi connectivity index (χ0n) is 16.1. The number of hydrogen-bond donors (Lipinski definition) is 1. The third-order valence-electron chi connectivity index (χ3n) is 3.81. The Bertz CT molecular complexity index is 905. The fraction of sp³-hybridized carbons (Fsp3) is 0.286. The van der Waals surface area contributed by atoms with Gasteiger partial charge in [-0.1, -0.05) is 66.8 Å². The van der Waals surface area contributed by atoms with Crippen LogP contribution in [0.1, 0.15) is 35.3 Å². The largest absolute Gasteiger partial charge is 0.296 e. The van der Waals surface area contributed by atoms with Crippen LogP contribution < -0.4 is 5.32 Å². The van der Waals surface area contributed by atoms with Gasteiger partial charge in [-0.2, -0.15) is 0 Å². The molecule has 7 heteroatoms. The number of aryl methyl sites for hydroxylation is 1. The van der Waals surface area contributed by atoms with Crippen molar-refractivity contribution < 1.29 is 4.79 Å². The maximum atomic E-state index is 12.4. The van der Waals surface area contributed by atoms with Gasteiger partial charge in [-0.25, -0.2) is 0 Å². The molecule has 0 saturated carbocycles. The minimum Gasteiger partial charge on any atom is -0.296 e. The van der Waals surface area contributed by atoms with Crippen molar-refractivity contribution in [3.63, 3.8) is 0 Å². The van der Waals surface area contributed by atoms with Gasteiger partial charge in [0.1, 0.15) is 0 Å². The lowest BCUT2D eigenvalue weighted by Gasteiger charge is -2.05. The monoisotopic (exact) mass is 429 g/mol. The van der Waals surface area contributed by atoms with Gasteiger partial charge in [0.25, 0.3) is 5.91 Å². The lowest BCUT2D eigenvalue weighted by Crippen LogP contribution is -2.11. The van der Waals surface area contributed by atoms with Crippen LogP contribution in [0.5, 0.6) is 0 Å². The molecule has 28 heavy (non-hydrogen) atoms. The third kappa shape index (κ3) is 6.36.